The fraction of sp³-hybridized carbons (Fsp3) is 0.200. The lowest BCUT2D eigenvalue weighted by molar-refractivity contribution is 0.0696. The second-order valence-corrected chi connectivity index (χ2v) is 4.44. The summed E-state index contributed by atoms with van der Waals surface area (Å²) in [6, 6.07) is 1.85. The molecule has 4 nitrogen and oxygen atoms in total. The summed E-state index contributed by atoms with van der Waals surface area (Å²) < 4.78 is 5.30. The van der Waals surface area contributed by atoms with Gasteiger partial charge in [-0.05, 0) is 12.5 Å². The van der Waals surface area contributed by atoms with Crippen molar-refractivity contribution in [3.05, 3.63) is 28.0 Å². The summed E-state index contributed by atoms with van der Waals surface area (Å²) in [5, 5.41) is 9.02. The Labute approximate surface area is 89.2 Å². The SMILES string of the molecule is O=C(O)c1nc2c(s1)CCc1occc1-2. The van der Waals surface area contributed by atoms with Crippen LogP contribution in [0.3, 0.4) is 0 Å². The van der Waals surface area contributed by atoms with Gasteiger partial charge in [-0.1, -0.05) is 0 Å². The fourth-order valence-electron chi connectivity index (χ4n) is 1.80. The van der Waals surface area contributed by atoms with Crippen LogP contribution in [0.5, 0.6) is 0 Å². The first-order chi connectivity index (χ1) is 7.25. The number of fused-ring (bicyclic) bond motifs is 3. The lowest BCUT2D eigenvalue weighted by Crippen LogP contribution is -1.99. The van der Waals surface area contributed by atoms with Crippen molar-refractivity contribution in [3.8, 4) is 11.3 Å². The molecule has 5 heteroatoms. The van der Waals surface area contributed by atoms with Crippen LogP contribution in [-0.2, 0) is 12.8 Å². The average molecular weight is 221 g/mol. The number of aromatic carboxylic acids is 1. The van der Waals surface area contributed by atoms with Crippen LogP contribution in [0.2, 0.25) is 0 Å². The number of thiazole rings is 1. The van der Waals surface area contributed by atoms with Gasteiger partial charge in [0.1, 0.15) is 5.76 Å². The Morgan fingerprint density at radius 1 is 1.53 bits per heavy atom. The zero-order valence-electron chi connectivity index (χ0n) is 7.69. The van der Waals surface area contributed by atoms with Crippen molar-refractivity contribution in [1.29, 1.82) is 0 Å². The Balaban J connectivity index is 2.20. The van der Waals surface area contributed by atoms with Crippen molar-refractivity contribution < 1.29 is 14.3 Å². The van der Waals surface area contributed by atoms with Crippen molar-refractivity contribution in [1.82, 2.24) is 4.98 Å². The van der Waals surface area contributed by atoms with Crippen molar-refractivity contribution in [2.24, 2.45) is 0 Å². The molecule has 0 saturated heterocycles. The number of aryl methyl sites for hydroxylation is 2. The van der Waals surface area contributed by atoms with E-state index in [0.29, 0.717) is 0 Å². The molecular formula is C10H7NO3S. The fourth-order valence-corrected chi connectivity index (χ4v) is 2.71. The number of hydrogen-bond donors (Lipinski definition) is 1. The van der Waals surface area contributed by atoms with Crippen molar-refractivity contribution in [2.45, 2.75) is 12.8 Å². The molecule has 0 radical (unpaired) electrons. The molecule has 0 fully saturated rings. The van der Waals surface area contributed by atoms with E-state index < -0.39 is 5.97 Å². The minimum absolute atomic E-state index is 0.161. The van der Waals surface area contributed by atoms with Gasteiger partial charge in [0.2, 0.25) is 5.01 Å². The predicted octanol–water partition coefficient (Wildman–Crippen LogP) is 2.20. The molecular weight excluding hydrogens is 214 g/mol. The smallest absolute Gasteiger partial charge is 0.365 e. The Morgan fingerprint density at radius 2 is 2.40 bits per heavy atom. The van der Waals surface area contributed by atoms with Gasteiger partial charge in [-0.25, -0.2) is 9.78 Å². The summed E-state index contributed by atoms with van der Waals surface area (Å²) in [5.74, 6) is -0.0517. The normalized spacial score (nSPS) is 13.3. The average Bonchev–Trinajstić information content (AvgIpc) is 2.82. The Morgan fingerprint density at radius 3 is 3.20 bits per heavy atom. The van der Waals surface area contributed by atoms with Crippen LogP contribution in [0.4, 0.5) is 0 Å². The third-order valence-corrected chi connectivity index (χ3v) is 3.56. The van der Waals surface area contributed by atoms with Gasteiger partial charge in [-0.15, -0.1) is 11.3 Å². The Bertz CT molecular complexity index is 541. The van der Waals surface area contributed by atoms with Gasteiger partial charge in [0, 0.05) is 16.9 Å². The topological polar surface area (TPSA) is 63.3 Å². The van der Waals surface area contributed by atoms with Gasteiger partial charge >= 0.3 is 5.97 Å². The molecule has 2 aromatic heterocycles. The lowest BCUT2D eigenvalue weighted by atomic mass is 10.0. The van der Waals surface area contributed by atoms with Gasteiger partial charge in [0.05, 0.1) is 12.0 Å². The molecule has 15 heavy (non-hydrogen) atoms. The van der Waals surface area contributed by atoms with Crippen molar-refractivity contribution >= 4 is 17.3 Å². The predicted molar refractivity (Wildman–Crippen MR) is 54.2 cm³/mol. The Hall–Kier alpha value is -1.62. The van der Waals surface area contributed by atoms with E-state index in [1.807, 2.05) is 6.07 Å². The van der Waals surface area contributed by atoms with Crippen LogP contribution in [0.15, 0.2) is 16.7 Å². The van der Waals surface area contributed by atoms with Crippen LogP contribution in [-0.4, -0.2) is 16.1 Å². The van der Waals surface area contributed by atoms with Crippen LogP contribution >= 0.6 is 11.3 Å². The molecule has 0 saturated carbocycles. The number of furan rings is 1. The number of nitrogens with zero attached hydrogens (tertiary/aromatic N) is 1. The van der Waals surface area contributed by atoms with Gasteiger partial charge < -0.3 is 9.52 Å². The van der Waals surface area contributed by atoms with Gasteiger partial charge in [-0.2, -0.15) is 0 Å². The van der Waals surface area contributed by atoms with E-state index in [2.05, 4.69) is 4.98 Å². The first-order valence-corrected chi connectivity index (χ1v) is 5.37. The number of aromatic nitrogens is 1. The third-order valence-electron chi connectivity index (χ3n) is 2.46. The second-order valence-electron chi connectivity index (χ2n) is 3.35. The van der Waals surface area contributed by atoms with E-state index in [9.17, 15) is 4.79 Å². The summed E-state index contributed by atoms with van der Waals surface area (Å²) in [6.45, 7) is 0. The number of carboxylic acids is 1. The maximum Gasteiger partial charge on any atom is 0.365 e. The van der Waals surface area contributed by atoms with Crippen LogP contribution in [0, 0.1) is 0 Å². The van der Waals surface area contributed by atoms with Crippen molar-refractivity contribution in [3.63, 3.8) is 0 Å². The monoisotopic (exact) mass is 221 g/mol. The number of hydrogen-bond acceptors (Lipinski definition) is 4. The highest BCUT2D eigenvalue weighted by molar-refractivity contribution is 7.14. The van der Waals surface area contributed by atoms with Crippen LogP contribution < -0.4 is 0 Å². The van der Waals surface area contributed by atoms with Crippen molar-refractivity contribution in [2.75, 3.05) is 0 Å². The second kappa shape index (κ2) is 2.93. The molecule has 0 aliphatic heterocycles. The first-order valence-electron chi connectivity index (χ1n) is 4.55. The van der Waals surface area contributed by atoms with E-state index >= 15 is 0 Å². The number of rotatable bonds is 1. The first kappa shape index (κ1) is 8.67. The highest BCUT2D eigenvalue weighted by Crippen LogP contribution is 2.36. The third kappa shape index (κ3) is 1.20. The highest BCUT2D eigenvalue weighted by atomic mass is 32.1. The molecule has 2 aromatic rings. The minimum Gasteiger partial charge on any atom is -0.476 e. The maximum atomic E-state index is 10.8. The molecule has 1 aliphatic rings. The molecule has 76 valence electrons. The minimum atomic E-state index is -0.959. The van der Waals surface area contributed by atoms with E-state index in [1.54, 1.807) is 6.26 Å². The Kier molecular flexibility index (Phi) is 1.70. The summed E-state index contributed by atoms with van der Waals surface area (Å²) in [4.78, 5) is 16.0. The zero-order chi connectivity index (χ0) is 10.4. The quantitative estimate of drug-likeness (QED) is 0.801. The van der Waals surface area contributed by atoms with Gasteiger partial charge in [0.25, 0.3) is 0 Å². The van der Waals surface area contributed by atoms with E-state index in [1.165, 1.54) is 11.3 Å². The standard InChI is InChI=1S/C10H7NO3S/c12-10(13)9-11-8-5-3-4-14-6(5)1-2-7(8)15-9/h3-4H,1-2H2,(H,12,13). The molecule has 1 N–H and O–H groups in total. The largest absolute Gasteiger partial charge is 0.476 e. The molecule has 0 atom stereocenters. The van der Waals surface area contributed by atoms with Gasteiger partial charge in [0.15, 0.2) is 0 Å². The highest BCUT2D eigenvalue weighted by Gasteiger charge is 2.24. The van der Waals surface area contributed by atoms with E-state index in [4.69, 9.17) is 9.52 Å². The number of carbonyl (C=O) groups is 1. The molecule has 1 aliphatic carbocycles. The molecule has 0 unspecified atom stereocenters. The summed E-state index contributed by atoms with van der Waals surface area (Å²) >= 11 is 1.26. The molecule has 0 spiro atoms. The molecule has 0 amide bonds. The maximum absolute atomic E-state index is 10.8. The summed E-state index contributed by atoms with van der Waals surface area (Å²) in [5.41, 5.74) is 1.73. The van der Waals surface area contributed by atoms with Gasteiger partial charge in [-0.3, -0.25) is 0 Å². The molecule has 2 heterocycles. The molecule has 3 rings (SSSR count). The number of carboxylic acid groups (broad SMARTS) is 1. The lowest BCUT2D eigenvalue weighted by Gasteiger charge is -2.07. The molecule has 0 aromatic carbocycles. The van der Waals surface area contributed by atoms with Crippen LogP contribution in [0.25, 0.3) is 11.3 Å². The molecule has 0 bridgehead atoms. The van der Waals surface area contributed by atoms with E-state index in [0.717, 1.165) is 34.7 Å². The van der Waals surface area contributed by atoms with Crippen LogP contribution in [0.1, 0.15) is 20.4 Å². The zero-order valence-corrected chi connectivity index (χ0v) is 8.50. The van der Waals surface area contributed by atoms with E-state index in [-0.39, 0.29) is 5.01 Å². The summed E-state index contributed by atoms with van der Waals surface area (Å²) in [6.07, 6.45) is 3.27. The summed E-state index contributed by atoms with van der Waals surface area (Å²) in [7, 11) is 0.